The van der Waals surface area contributed by atoms with Crippen LogP contribution in [0.1, 0.15) is 23.2 Å². The van der Waals surface area contributed by atoms with Gasteiger partial charge in [-0.05, 0) is 31.0 Å². The van der Waals surface area contributed by atoms with Crippen LogP contribution in [0.5, 0.6) is 0 Å². The number of amides is 2. The first-order chi connectivity index (χ1) is 11.0. The molecule has 2 fully saturated rings. The van der Waals surface area contributed by atoms with E-state index in [1.165, 1.54) is 0 Å². The van der Waals surface area contributed by atoms with Gasteiger partial charge in [0.15, 0.2) is 0 Å². The molecule has 2 aliphatic heterocycles. The molecule has 0 spiro atoms. The summed E-state index contributed by atoms with van der Waals surface area (Å²) in [5.41, 5.74) is 0.495. The van der Waals surface area contributed by atoms with Crippen LogP contribution in [-0.4, -0.2) is 60.4 Å². The van der Waals surface area contributed by atoms with Crippen molar-refractivity contribution in [2.45, 2.75) is 18.9 Å². The molecule has 0 saturated carbocycles. The van der Waals surface area contributed by atoms with E-state index in [-0.39, 0.29) is 30.3 Å². The minimum Gasteiger partial charge on any atom is -0.337 e. The highest BCUT2D eigenvalue weighted by molar-refractivity contribution is 6.35. The molecule has 2 aliphatic rings. The van der Waals surface area contributed by atoms with Gasteiger partial charge in [0.05, 0.1) is 6.54 Å². The quantitative estimate of drug-likeness (QED) is 0.841. The molecule has 132 valence electrons. The average molecular weight is 393 g/mol. The van der Waals surface area contributed by atoms with Crippen molar-refractivity contribution in [1.29, 1.82) is 0 Å². The maximum atomic E-state index is 12.7. The summed E-state index contributed by atoms with van der Waals surface area (Å²) in [5, 5.41) is 3.98. The molecule has 0 aliphatic carbocycles. The lowest BCUT2D eigenvalue weighted by atomic mass is 10.0. The maximum absolute atomic E-state index is 12.7. The third-order valence-electron chi connectivity index (χ3n) is 4.36. The molecule has 0 radical (unpaired) electrons. The topological polar surface area (TPSA) is 52.7 Å². The van der Waals surface area contributed by atoms with Gasteiger partial charge in [-0.2, -0.15) is 0 Å². The lowest BCUT2D eigenvalue weighted by Gasteiger charge is -2.41. The zero-order chi connectivity index (χ0) is 16.4. The van der Waals surface area contributed by atoms with Gasteiger partial charge in [0.25, 0.3) is 5.91 Å². The number of likely N-dealkylation sites (tertiary alicyclic amines) is 1. The monoisotopic (exact) mass is 391 g/mol. The summed E-state index contributed by atoms with van der Waals surface area (Å²) in [7, 11) is 0. The van der Waals surface area contributed by atoms with Gasteiger partial charge in [0.2, 0.25) is 5.91 Å². The smallest absolute Gasteiger partial charge is 0.254 e. The second-order valence-corrected chi connectivity index (χ2v) is 6.84. The molecule has 8 heteroatoms. The van der Waals surface area contributed by atoms with Crippen molar-refractivity contribution in [2.75, 3.05) is 32.7 Å². The summed E-state index contributed by atoms with van der Waals surface area (Å²) in [6.45, 7) is 3.15. The second kappa shape index (κ2) is 8.39. The largest absolute Gasteiger partial charge is 0.337 e. The Hall–Kier alpha value is -1.01. The van der Waals surface area contributed by atoms with Gasteiger partial charge in [-0.25, -0.2) is 0 Å². The van der Waals surface area contributed by atoms with Crippen LogP contribution in [0.2, 0.25) is 10.0 Å². The first-order valence-corrected chi connectivity index (χ1v) is 8.56. The number of carbonyl (C=O) groups excluding carboxylic acids is 2. The molecule has 3 rings (SSSR count). The van der Waals surface area contributed by atoms with E-state index in [0.29, 0.717) is 41.8 Å². The van der Waals surface area contributed by atoms with Crippen LogP contribution in [-0.2, 0) is 4.79 Å². The number of benzene rings is 1. The summed E-state index contributed by atoms with van der Waals surface area (Å²) >= 11 is 12.0. The number of halogens is 3. The van der Waals surface area contributed by atoms with Crippen molar-refractivity contribution in [1.82, 2.24) is 15.1 Å². The highest BCUT2D eigenvalue weighted by Gasteiger charge is 2.32. The molecule has 2 amide bonds. The molecule has 1 N–H and O–H groups in total. The predicted molar refractivity (Wildman–Crippen MR) is 97.2 cm³/mol. The van der Waals surface area contributed by atoms with E-state index in [1.54, 1.807) is 23.1 Å². The summed E-state index contributed by atoms with van der Waals surface area (Å²) < 4.78 is 0. The molecule has 5 nitrogen and oxygen atoms in total. The highest BCUT2D eigenvalue weighted by Crippen LogP contribution is 2.23. The molecular weight excluding hydrogens is 373 g/mol. The normalized spacial score (nSPS) is 21.4. The van der Waals surface area contributed by atoms with Crippen LogP contribution < -0.4 is 5.32 Å². The van der Waals surface area contributed by atoms with Gasteiger partial charge in [-0.1, -0.05) is 23.2 Å². The van der Waals surface area contributed by atoms with Crippen LogP contribution in [0.25, 0.3) is 0 Å². The molecule has 1 aromatic carbocycles. The third-order valence-corrected chi connectivity index (χ3v) is 4.80. The Balaban J connectivity index is 0.00000208. The number of hydrogen-bond acceptors (Lipinski definition) is 3. The summed E-state index contributed by atoms with van der Waals surface area (Å²) in [6, 6.07) is 4.97. The lowest BCUT2D eigenvalue weighted by Crippen LogP contribution is -2.57. The van der Waals surface area contributed by atoms with E-state index in [9.17, 15) is 9.59 Å². The zero-order valence-electron chi connectivity index (χ0n) is 13.1. The number of carbonyl (C=O) groups is 2. The molecule has 1 aromatic rings. The Kier molecular flexibility index (Phi) is 6.75. The zero-order valence-corrected chi connectivity index (χ0v) is 15.5. The van der Waals surface area contributed by atoms with E-state index in [0.717, 1.165) is 19.4 Å². The molecule has 0 bridgehead atoms. The number of piperidine rings is 1. The number of piperazine rings is 1. The Labute approximate surface area is 157 Å². The number of hydrogen-bond donors (Lipinski definition) is 1. The highest BCUT2D eigenvalue weighted by atomic mass is 35.5. The summed E-state index contributed by atoms with van der Waals surface area (Å²) in [4.78, 5) is 28.5. The fraction of sp³-hybridized carbons (Fsp3) is 0.500. The second-order valence-electron chi connectivity index (χ2n) is 5.97. The Bertz CT molecular complexity index is 606. The van der Waals surface area contributed by atoms with Crippen molar-refractivity contribution < 1.29 is 9.59 Å². The molecule has 0 aromatic heterocycles. The minimum absolute atomic E-state index is 0. The predicted octanol–water partition coefficient (Wildman–Crippen LogP) is 2.45. The van der Waals surface area contributed by atoms with E-state index >= 15 is 0 Å². The Morgan fingerprint density at radius 3 is 2.54 bits per heavy atom. The van der Waals surface area contributed by atoms with Crippen molar-refractivity contribution in [3.05, 3.63) is 33.8 Å². The fourth-order valence-corrected chi connectivity index (χ4v) is 3.79. The van der Waals surface area contributed by atoms with Gasteiger partial charge in [0, 0.05) is 47.8 Å². The molecule has 1 atom stereocenters. The lowest BCUT2D eigenvalue weighted by molar-refractivity contribution is -0.135. The van der Waals surface area contributed by atoms with E-state index in [1.807, 2.05) is 4.90 Å². The molecule has 2 heterocycles. The van der Waals surface area contributed by atoms with Crippen molar-refractivity contribution >= 4 is 47.4 Å². The Morgan fingerprint density at radius 2 is 1.88 bits per heavy atom. The summed E-state index contributed by atoms with van der Waals surface area (Å²) in [5.74, 6) is 0.0306. The van der Waals surface area contributed by atoms with Crippen molar-refractivity contribution in [2.24, 2.45) is 0 Å². The van der Waals surface area contributed by atoms with Crippen LogP contribution in [0.3, 0.4) is 0 Å². The fourth-order valence-electron chi connectivity index (χ4n) is 3.26. The number of nitrogens with one attached hydrogen (secondary N) is 1. The van der Waals surface area contributed by atoms with Gasteiger partial charge >= 0.3 is 0 Å². The third kappa shape index (κ3) is 4.33. The standard InChI is InChI=1S/C16H19Cl2N3O2.ClH/c17-12-6-11(7-13(18)8-12)16(23)20-4-1-2-14(10-20)21-5-3-19-9-15(21)22;/h6-8,14,19H,1-5,9-10H2;1H. The molecule has 1 unspecified atom stereocenters. The number of rotatable bonds is 2. The number of nitrogens with zero attached hydrogens (tertiary/aromatic N) is 2. The summed E-state index contributed by atoms with van der Waals surface area (Å²) in [6.07, 6.45) is 1.83. The van der Waals surface area contributed by atoms with Crippen LogP contribution in [0.15, 0.2) is 18.2 Å². The molecule has 2 saturated heterocycles. The van der Waals surface area contributed by atoms with Gasteiger partial charge in [-0.15, -0.1) is 12.4 Å². The van der Waals surface area contributed by atoms with Crippen molar-refractivity contribution in [3.8, 4) is 0 Å². The average Bonchev–Trinajstić information content (AvgIpc) is 2.54. The van der Waals surface area contributed by atoms with Crippen molar-refractivity contribution in [3.63, 3.8) is 0 Å². The van der Waals surface area contributed by atoms with Crippen LogP contribution in [0, 0.1) is 0 Å². The SMILES string of the molecule is Cl.O=C(c1cc(Cl)cc(Cl)c1)N1CCCC(N2CCNCC2=O)C1. The van der Waals surface area contributed by atoms with Gasteiger partial charge in [-0.3, -0.25) is 9.59 Å². The van der Waals surface area contributed by atoms with E-state index in [2.05, 4.69) is 5.32 Å². The minimum atomic E-state index is -0.0818. The van der Waals surface area contributed by atoms with Gasteiger partial charge < -0.3 is 15.1 Å². The van der Waals surface area contributed by atoms with Crippen LogP contribution in [0.4, 0.5) is 0 Å². The van der Waals surface area contributed by atoms with Crippen LogP contribution >= 0.6 is 35.6 Å². The van der Waals surface area contributed by atoms with E-state index < -0.39 is 0 Å². The first kappa shape index (κ1) is 19.3. The van der Waals surface area contributed by atoms with Gasteiger partial charge in [0.1, 0.15) is 0 Å². The van der Waals surface area contributed by atoms with E-state index in [4.69, 9.17) is 23.2 Å². The Morgan fingerprint density at radius 1 is 1.17 bits per heavy atom. The maximum Gasteiger partial charge on any atom is 0.254 e. The molecule has 24 heavy (non-hydrogen) atoms. The molecular formula is C16H20Cl3N3O2. The first-order valence-electron chi connectivity index (χ1n) is 7.80.